The molecule has 0 aliphatic carbocycles. The third-order valence-electron chi connectivity index (χ3n) is 5.66. The number of anilines is 1. The second kappa shape index (κ2) is 10.2. The van der Waals surface area contributed by atoms with Crippen molar-refractivity contribution in [1.82, 2.24) is 14.8 Å². The average molecular weight is 471 g/mol. The molecule has 9 heteroatoms. The third kappa shape index (κ3) is 5.80. The first kappa shape index (κ1) is 23.0. The lowest BCUT2D eigenvalue weighted by Gasteiger charge is -2.34. The first-order valence-electron chi connectivity index (χ1n) is 10.6. The number of thiazole rings is 1. The Labute approximate surface area is 194 Å². The highest BCUT2D eigenvalue weighted by molar-refractivity contribution is 7.14. The van der Waals surface area contributed by atoms with Crippen LogP contribution in [-0.4, -0.2) is 59.3 Å². The van der Waals surface area contributed by atoms with Crippen molar-refractivity contribution in [2.75, 3.05) is 38.0 Å². The number of nitrogens with zero attached hydrogens (tertiary/aromatic N) is 3. The van der Waals surface area contributed by atoms with Gasteiger partial charge in [-0.1, -0.05) is 24.3 Å². The summed E-state index contributed by atoms with van der Waals surface area (Å²) in [5.74, 6) is -1.97. The van der Waals surface area contributed by atoms with Crippen LogP contribution in [0.2, 0.25) is 0 Å². The van der Waals surface area contributed by atoms with Crippen LogP contribution < -0.4 is 5.32 Å². The van der Waals surface area contributed by atoms with Crippen molar-refractivity contribution in [2.45, 2.75) is 13.3 Å². The summed E-state index contributed by atoms with van der Waals surface area (Å²) in [6.45, 7) is 4.59. The molecule has 4 rings (SSSR count). The first-order valence-corrected chi connectivity index (χ1v) is 11.5. The van der Waals surface area contributed by atoms with Gasteiger partial charge in [0.15, 0.2) is 16.8 Å². The van der Waals surface area contributed by atoms with Crippen LogP contribution >= 0.6 is 11.3 Å². The van der Waals surface area contributed by atoms with Crippen molar-refractivity contribution in [1.29, 1.82) is 0 Å². The third-order valence-corrected chi connectivity index (χ3v) is 6.42. The number of aryl methyl sites for hydroxylation is 1. The number of hydrogen-bond acceptors (Lipinski definition) is 5. The van der Waals surface area contributed by atoms with Crippen LogP contribution in [0.1, 0.15) is 11.1 Å². The van der Waals surface area contributed by atoms with Crippen LogP contribution in [0.15, 0.2) is 47.8 Å². The molecule has 172 valence electrons. The molecule has 1 aromatic heterocycles. The predicted molar refractivity (Wildman–Crippen MR) is 124 cm³/mol. The number of benzene rings is 2. The molecular formula is C24H24F2N4O2S. The van der Waals surface area contributed by atoms with E-state index >= 15 is 0 Å². The van der Waals surface area contributed by atoms with Crippen molar-refractivity contribution in [3.05, 3.63) is 70.6 Å². The maximum Gasteiger partial charge on any atom is 0.240 e. The van der Waals surface area contributed by atoms with Crippen LogP contribution in [-0.2, 0) is 16.0 Å². The second-order valence-electron chi connectivity index (χ2n) is 7.98. The maximum atomic E-state index is 13.4. The molecular weight excluding hydrogens is 446 g/mol. The fourth-order valence-electron chi connectivity index (χ4n) is 3.72. The van der Waals surface area contributed by atoms with Gasteiger partial charge in [0.2, 0.25) is 11.8 Å². The van der Waals surface area contributed by atoms with E-state index in [9.17, 15) is 18.4 Å². The van der Waals surface area contributed by atoms with E-state index in [1.165, 1.54) is 17.4 Å². The number of hydrogen-bond donors (Lipinski definition) is 1. The molecule has 1 aliphatic heterocycles. The zero-order valence-electron chi connectivity index (χ0n) is 18.2. The standard InChI is InChI=1S/C24H24F2N4O2S/c1-16-4-2-3-5-17(16)13-23(32)30-10-8-29(9-11-30)14-22(31)28-24-27-21(15-33-24)18-6-7-19(25)20(26)12-18/h2-7,12,15H,8-11,13-14H2,1H3,(H,27,28,31). The fraction of sp³-hybridized carbons (Fsp3) is 0.292. The zero-order chi connectivity index (χ0) is 23.4. The summed E-state index contributed by atoms with van der Waals surface area (Å²) in [5.41, 5.74) is 3.05. The molecule has 0 radical (unpaired) electrons. The van der Waals surface area contributed by atoms with Crippen molar-refractivity contribution >= 4 is 28.3 Å². The quantitative estimate of drug-likeness (QED) is 0.597. The number of nitrogens with one attached hydrogen (secondary N) is 1. The highest BCUT2D eigenvalue weighted by atomic mass is 32.1. The number of rotatable bonds is 6. The average Bonchev–Trinajstić information content (AvgIpc) is 3.26. The van der Waals surface area contributed by atoms with Gasteiger partial charge in [-0.2, -0.15) is 0 Å². The van der Waals surface area contributed by atoms with Gasteiger partial charge >= 0.3 is 0 Å². The normalized spacial score (nSPS) is 14.3. The van der Waals surface area contributed by atoms with Crippen molar-refractivity contribution < 1.29 is 18.4 Å². The summed E-state index contributed by atoms with van der Waals surface area (Å²) < 4.78 is 26.6. The molecule has 1 saturated heterocycles. The molecule has 0 unspecified atom stereocenters. The SMILES string of the molecule is Cc1ccccc1CC(=O)N1CCN(CC(=O)Nc2nc(-c3ccc(F)c(F)c3)cs2)CC1. The molecule has 0 saturated carbocycles. The van der Waals surface area contributed by atoms with Gasteiger partial charge in [-0.15, -0.1) is 11.3 Å². The number of piperazine rings is 1. The van der Waals surface area contributed by atoms with E-state index in [2.05, 4.69) is 10.3 Å². The van der Waals surface area contributed by atoms with Gasteiger partial charge in [-0.3, -0.25) is 14.5 Å². The Bertz CT molecular complexity index is 1160. The van der Waals surface area contributed by atoms with Gasteiger partial charge in [0.05, 0.1) is 18.7 Å². The van der Waals surface area contributed by atoms with Gasteiger partial charge in [0.25, 0.3) is 0 Å². The number of aromatic nitrogens is 1. The monoisotopic (exact) mass is 470 g/mol. The first-order chi connectivity index (χ1) is 15.9. The minimum Gasteiger partial charge on any atom is -0.340 e. The van der Waals surface area contributed by atoms with Crippen LogP contribution in [0.4, 0.5) is 13.9 Å². The maximum absolute atomic E-state index is 13.4. The van der Waals surface area contributed by atoms with Crippen LogP contribution in [0, 0.1) is 18.6 Å². The minimum atomic E-state index is -0.942. The molecule has 0 bridgehead atoms. The van der Waals surface area contributed by atoms with Crippen molar-refractivity contribution in [2.24, 2.45) is 0 Å². The largest absolute Gasteiger partial charge is 0.340 e. The van der Waals surface area contributed by atoms with Gasteiger partial charge in [0.1, 0.15) is 0 Å². The molecule has 6 nitrogen and oxygen atoms in total. The number of carbonyl (C=O) groups is 2. The Hall–Kier alpha value is -3.17. The van der Waals surface area contributed by atoms with Crippen molar-refractivity contribution in [3.8, 4) is 11.3 Å². The van der Waals surface area contributed by atoms with Crippen LogP contribution in [0.5, 0.6) is 0 Å². The van der Waals surface area contributed by atoms with Gasteiger partial charge in [-0.05, 0) is 36.2 Å². The summed E-state index contributed by atoms with van der Waals surface area (Å²) in [6.07, 6.45) is 0.386. The Morgan fingerprint density at radius 3 is 2.55 bits per heavy atom. The van der Waals surface area contributed by atoms with Crippen molar-refractivity contribution in [3.63, 3.8) is 0 Å². The fourth-order valence-corrected chi connectivity index (χ4v) is 4.46. The number of carbonyl (C=O) groups excluding carboxylic acids is 2. The summed E-state index contributed by atoms with van der Waals surface area (Å²) in [5, 5.41) is 4.83. The Morgan fingerprint density at radius 1 is 1.06 bits per heavy atom. The molecule has 1 aliphatic rings. The van der Waals surface area contributed by atoms with E-state index in [-0.39, 0.29) is 18.4 Å². The smallest absolute Gasteiger partial charge is 0.240 e. The molecule has 2 aromatic carbocycles. The van der Waals surface area contributed by atoms with E-state index in [1.54, 1.807) is 5.38 Å². The van der Waals surface area contributed by atoms with E-state index in [0.717, 1.165) is 23.3 Å². The molecule has 0 atom stereocenters. The zero-order valence-corrected chi connectivity index (χ0v) is 19.0. The molecule has 1 fully saturated rings. The van der Waals surface area contributed by atoms with Crippen LogP contribution in [0.3, 0.4) is 0 Å². The lowest BCUT2D eigenvalue weighted by molar-refractivity contribution is -0.132. The molecule has 33 heavy (non-hydrogen) atoms. The Morgan fingerprint density at radius 2 is 1.82 bits per heavy atom. The summed E-state index contributed by atoms with van der Waals surface area (Å²) in [4.78, 5) is 33.2. The number of amides is 2. The molecule has 3 aromatic rings. The summed E-state index contributed by atoms with van der Waals surface area (Å²) in [7, 11) is 0. The van der Waals surface area contributed by atoms with Gasteiger partial charge in [-0.25, -0.2) is 13.8 Å². The lowest BCUT2D eigenvalue weighted by atomic mass is 10.1. The molecule has 2 amide bonds. The molecule has 2 heterocycles. The van der Waals surface area contributed by atoms with Gasteiger partial charge < -0.3 is 10.2 Å². The van der Waals surface area contributed by atoms with E-state index in [0.29, 0.717) is 49.0 Å². The number of halogens is 2. The van der Waals surface area contributed by atoms with Gasteiger partial charge in [0, 0.05) is 37.1 Å². The van der Waals surface area contributed by atoms with E-state index in [4.69, 9.17) is 0 Å². The summed E-state index contributed by atoms with van der Waals surface area (Å²) in [6, 6.07) is 11.5. The Kier molecular flexibility index (Phi) is 7.10. The second-order valence-corrected chi connectivity index (χ2v) is 8.83. The Balaban J connectivity index is 1.25. The van der Waals surface area contributed by atoms with E-state index in [1.807, 2.05) is 41.0 Å². The van der Waals surface area contributed by atoms with E-state index < -0.39 is 11.6 Å². The highest BCUT2D eigenvalue weighted by Gasteiger charge is 2.23. The molecule has 0 spiro atoms. The minimum absolute atomic E-state index is 0.0981. The summed E-state index contributed by atoms with van der Waals surface area (Å²) >= 11 is 1.22. The molecule has 1 N–H and O–H groups in total. The topological polar surface area (TPSA) is 65.5 Å². The predicted octanol–water partition coefficient (Wildman–Crippen LogP) is 3.72. The lowest BCUT2D eigenvalue weighted by Crippen LogP contribution is -2.50. The van der Waals surface area contributed by atoms with Crippen LogP contribution in [0.25, 0.3) is 11.3 Å². The highest BCUT2D eigenvalue weighted by Crippen LogP contribution is 2.26.